The van der Waals surface area contributed by atoms with Crippen LogP contribution < -0.4 is 15.9 Å². The molecule has 158 valence electrons. The first kappa shape index (κ1) is 22.0. The summed E-state index contributed by atoms with van der Waals surface area (Å²) in [5, 5.41) is 11.3. The van der Waals surface area contributed by atoms with Crippen molar-refractivity contribution >= 4 is 36.7 Å². The van der Waals surface area contributed by atoms with Gasteiger partial charge in [0, 0.05) is 0 Å². The molecule has 0 spiro atoms. The van der Waals surface area contributed by atoms with Crippen molar-refractivity contribution in [1.29, 1.82) is 0 Å². The maximum atomic E-state index is 10.4. The van der Waals surface area contributed by atoms with Gasteiger partial charge in [0.2, 0.25) is 0 Å². The summed E-state index contributed by atoms with van der Waals surface area (Å²) < 4.78 is 0. The van der Waals surface area contributed by atoms with Gasteiger partial charge in [0.05, 0.1) is 0 Å². The minimum atomic E-state index is -3.00. The normalized spacial score (nSPS) is 13.4. The molecule has 0 aliphatic carbocycles. The molecule has 4 aromatic rings. The first-order valence-corrected chi connectivity index (χ1v) is 15.0. The Hall–Kier alpha value is -2.25. The van der Waals surface area contributed by atoms with E-state index in [9.17, 15) is 5.11 Å². The van der Waals surface area contributed by atoms with E-state index in [4.69, 9.17) is 0 Å². The van der Waals surface area contributed by atoms with Crippen LogP contribution in [0.5, 0.6) is 0 Å². The van der Waals surface area contributed by atoms with Crippen molar-refractivity contribution in [3.05, 3.63) is 126 Å². The van der Waals surface area contributed by atoms with Gasteiger partial charge in [-0.25, -0.2) is 0 Å². The Balaban J connectivity index is 1.99. The molecule has 0 saturated heterocycles. The van der Waals surface area contributed by atoms with E-state index in [-0.39, 0.29) is 0 Å². The molecule has 0 aliphatic rings. The fourth-order valence-corrected chi connectivity index (χ4v) is 12.0. The van der Waals surface area contributed by atoms with Gasteiger partial charge >= 0.3 is 194 Å². The van der Waals surface area contributed by atoms with Gasteiger partial charge in [0.25, 0.3) is 0 Å². The van der Waals surface area contributed by atoms with Crippen molar-refractivity contribution in [3.8, 4) is 0 Å². The molecule has 1 nitrogen and oxygen atoms in total. The van der Waals surface area contributed by atoms with Crippen molar-refractivity contribution in [3.63, 3.8) is 0 Å². The van der Waals surface area contributed by atoms with Crippen molar-refractivity contribution in [2.75, 3.05) is 0 Å². The van der Waals surface area contributed by atoms with E-state index in [1.165, 1.54) is 21.5 Å². The van der Waals surface area contributed by atoms with Gasteiger partial charge in [-0.3, -0.25) is 0 Å². The van der Waals surface area contributed by atoms with Crippen LogP contribution in [-0.4, -0.2) is 5.11 Å². The van der Waals surface area contributed by atoms with Crippen molar-refractivity contribution < 1.29 is 5.11 Å². The summed E-state index contributed by atoms with van der Waals surface area (Å²) in [6.45, 7) is 3.65. The SMILES string of the molecule is CC(C)(O)c1ccc(CP(Br)(c2ccccc2)(c2ccccc2)c2ccccc2)cc1. The molecule has 0 unspecified atom stereocenters. The molecule has 1 N–H and O–H groups in total. The summed E-state index contributed by atoms with van der Waals surface area (Å²) in [6, 6.07) is 40.9. The second-order valence-corrected chi connectivity index (χ2v) is 17.5. The molecule has 0 fully saturated rings. The van der Waals surface area contributed by atoms with Crippen LogP contribution in [0.3, 0.4) is 0 Å². The van der Waals surface area contributed by atoms with Crippen LogP contribution in [0.15, 0.2) is 115 Å². The molecule has 0 amide bonds. The Morgan fingerprint density at radius 3 is 1.29 bits per heavy atom. The van der Waals surface area contributed by atoms with Gasteiger partial charge in [-0.2, -0.15) is 0 Å². The molecule has 31 heavy (non-hydrogen) atoms. The third kappa shape index (κ3) is 4.01. The molecule has 0 aromatic heterocycles. The average molecular weight is 491 g/mol. The zero-order valence-corrected chi connectivity index (χ0v) is 20.4. The summed E-state index contributed by atoms with van der Waals surface area (Å²) in [6.07, 6.45) is 0.843. The van der Waals surface area contributed by atoms with Crippen LogP contribution in [0.25, 0.3) is 0 Å². The monoisotopic (exact) mass is 490 g/mol. The fraction of sp³-hybridized carbons (Fsp3) is 0.143. The average Bonchev–Trinajstić information content (AvgIpc) is 2.81. The van der Waals surface area contributed by atoms with Crippen LogP contribution in [0.2, 0.25) is 0 Å². The van der Waals surface area contributed by atoms with Crippen LogP contribution in [0.4, 0.5) is 0 Å². The number of hydrogen-bond donors (Lipinski definition) is 1. The van der Waals surface area contributed by atoms with Gasteiger partial charge in [-0.15, -0.1) is 0 Å². The number of hydrogen-bond acceptors (Lipinski definition) is 1. The third-order valence-electron chi connectivity index (χ3n) is 6.02. The molecular formula is C28H28BrOP. The summed E-state index contributed by atoms with van der Waals surface area (Å²) in [5.74, 6) is 0. The molecule has 0 heterocycles. The van der Waals surface area contributed by atoms with E-state index >= 15 is 0 Å². The molecule has 4 rings (SSSR count). The summed E-state index contributed by atoms with van der Waals surface area (Å²) >= 11 is 4.49. The predicted octanol–water partition coefficient (Wildman–Crippen LogP) is 6.25. The first-order valence-electron chi connectivity index (χ1n) is 10.5. The van der Waals surface area contributed by atoms with E-state index in [1.807, 2.05) is 26.0 Å². The Bertz CT molecular complexity index is 1040. The van der Waals surface area contributed by atoms with E-state index in [0.717, 1.165) is 11.7 Å². The molecule has 0 atom stereocenters. The molecule has 0 radical (unpaired) electrons. The Kier molecular flexibility index (Phi) is 5.92. The molecule has 0 aliphatic heterocycles. The Morgan fingerprint density at radius 2 is 0.968 bits per heavy atom. The van der Waals surface area contributed by atoms with Crippen LogP contribution in [-0.2, 0) is 11.8 Å². The fourth-order valence-electron chi connectivity index (χ4n) is 4.30. The summed E-state index contributed by atoms with van der Waals surface area (Å²) in [5.41, 5.74) is 1.31. The third-order valence-corrected chi connectivity index (χ3v) is 15.5. The minimum absolute atomic E-state index is 0.843. The van der Waals surface area contributed by atoms with Crippen LogP contribution in [0.1, 0.15) is 25.0 Å². The van der Waals surface area contributed by atoms with E-state index in [0.29, 0.717) is 0 Å². The van der Waals surface area contributed by atoms with E-state index in [2.05, 4.69) is 119 Å². The molecule has 4 aromatic carbocycles. The van der Waals surface area contributed by atoms with Gasteiger partial charge in [0.1, 0.15) is 0 Å². The summed E-state index contributed by atoms with van der Waals surface area (Å²) in [4.78, 5) is 0. The molecule has 3 heteroatoms. The zero-order valence-electron chi connectivity index (χ0n) is 17.9. The molecular weight excluding hydrogens is 463 g/mol. The molecule has 0 bridgehead atoms. The second-order valence-electron chi connectivity index (χ2n) is 8.60. The predicted molar refractivity (Wildman–Crippen MR) is 139 cm³/mol. The first-order chi connectivity index (χ1) is 14.8. The van der Waals surface area contributed by atoms with Crippen LogP contribution >= 0.6 is 20.8 Å². The topological polar surface area (TPSA) is 20.2 Å². The van der Waals surface area contributed by atoms with E-state index in [1.54, 1.807) is 0 Å². The quantitative estimate of drug-likeness (QED) is 0.316. The number of aliphatic hydroxyl groups is 1. The van der Waals surface area contributed by atoms with Gasteiger partial charge < -0.3 is 0 Å². The van der Waals surface area contributed by atoms with Crippen LogP contribution in [0, 0.1) is 0 Å². The van der Waals surface area contributed by atoms with Gasteiger partial charge in [0.15, 0.2) is 0 Å². The number of rotatable bonds is 6. The summed E-state index contributed by atoms with van der Waals surface area (Å²) in [7, 11) is 0. The Morgan fingerprint density at radius 1 is 0.613 bits per heavy atom. The van der Waals surface area contributed by atoms with E-state index < -0.39 is 10.9 Å². The number of benzene rings is 4. The zero-order chi connectivity index (χ0) is 22.0. The second kappa shape index (κ2) is 8.36. The maximum absolute atomic E-state index is 10.4. The van der Waals surface area contributed by atoms with Crippen molar-refractivity contribution in [2.24, 2.45) is 0 Å². The van der Waals surface area contributed by atoms with Gasteiger partial charge in [-0.05, 0) is 0 Å². The van der Waals surface area contributed by atoms with Crippen molar-refractivity contribution in [2.45, 2.75) is 25.6 Å². The van der Waals surface area contributed by atoms with Crippen molar-refractivity contribution in [1.82, 2.24) is 0 Å². The Labute approximate surface area is 193 Å². The molecule has 0 saturated carbocycles. The standard InChI is InChI=1S/C28H28BrOP/c1-28(2,30)24-20-18-23(19-21-24)22-31(29,25-12-6-3-7-13-25,26-14-8-4-9-15-26)27-16-10-5-11-17-27/h3-21,30H,22H2,1-2H3. The number of halogens is 1. The van der Waals surface area contributed by atoms with Gasteiger partial charge in [-0.1, -0.05) is 0 Å².